The molecule has 152 valence electrons. The second kappa shape index (κ2) is 8.81. The van der Waals surface area contributed by atoms with Crippen LogP contribution in [0.2, 0.25) is 5.02 Å². The van der Waals surface area contributed by atoms with Gasteiger partial charge in [0.15, 0.2) is 5.65 Å². The average molecular weight is 442 g/mol. The Morgan fingerprint density at radius 3 is 2.63 bits per heavy atom. The van der Waals surface area contributed by atoms with Crippen LogP contribution in [-0.4, -0.2) is 30.9 Å². The van der Waals surface area contributed by atoms with Gasteiger partial charge in [-0.25, -0.2) is 19.0 Å². The quantitative estimate of drug-likeness (QED) is 0.354. The lowest BCUT2D eigenvalue weighted by Gasteiger charge is -2.12. The zero-order chi connectivity index (χ0) is 21.1. The summed E-state index contributed by atoms with van der Waals surface area (Å²) in [7, 11) is 0. The van der Waals surface area contributed by atoms with Crippen LogP contribution in [0.4, 0.5) is 4.39 Å². The van der Waals surface area contributed by atoms with Crippen LogP contribution in [0.15, 0.2) is 66.1 Å². The van der Waals surface area contributed by atoms with Crippen LogP contribution in [0.3, 0.4) is 0 Å². The molecule has 0 aliphatic carbocycles. The lowest BCUT2D eigenvalue weighted by Crippen LogP contribution is -2.30. The Bertz CT molecular complexity index is 1180. The highest BCUT2D eigenvalue weighted by Gasteiger charge is 2.18. The van der Waals surface area contributed by atoms with Gasteiger partial charge >= 0.3 is 0 Å². The third kappa shape index (κ3) is 4.44. The number of carbonyl (C=O) groups excluding carboxylic acids is 1. The molecule has 0 spiro atoms. The van der Waals surface area contributed by atoms with Gasteiger partial charge in [0.25, 0.3) is 0 Å². The number of carbonyl (C=O) groups is 1. The van der Waals surface area contributed by atoms with Gasteiger partial charge in [-0.3, -0.25) is 4.79 Å². The molecular formula is C21H17ClFN5OS. The third-order valence-corrected chi connectivity index (χ3v) is 5.81. The molecule has 0 bridgehead atoms. The SMILES string of the molecule is CC(Sc1ncnc2c1cnn2-c1ccc(F)cc1)C(=O)NCc1ccc(Cl)cc1. The molecule has 9 heteroatoms. The van der Waals surface area contributed by atoms with Gasteiger partial charge in [0.05, 0.1) is 22.5 Å². The first-order chi connectivity index (χ1) is 14.5. The summed E-state index contributed by atoms with van der Waals surface area (Å²) in [6.07, 6.45) is 3.09. The molecular weight excluding hydrogens is 425 g/mol. The van der Waals surface area contributed by atoms with E-state index in [2.05, 4.69) is 20.4 Å². The number of rotatable bonds is 6. The monoisotopic (exact) mass is 441 g/mol. The van der Waals surface area contributed by atoms with Crippen LogP contribution in [0.5, 0.6) is 0 Å². The van der Waals surface area contributed by atoms with Crippen LogP contribution < -0.4 is 5.32 Å². The van der Waals surface area contributed by atoms with E-state index in [-0.39, 0.29) is 17.0 Å². The van der Waals surface area contributed by atoms with E-state index in [1.165, 1.54) is 30.2 Å². The van der Waals surface area contributed by atoms with E-state index >= 15 is 0 Å². The van der Waals surface area contributed by atoms with Crippen molar-refractivity contribution in [2.45, 2.75) is 23.7 Å². The van der Waals surface area contributed by atoms with E-state index < -0.39 is 0 Å². The minimum atomic E-state index is -0.371. The number of hydrogen-bond acceptors (Lipinski definition) is 5. The van der Waals surface area contributed by atoms with Gasteiger partial charge in [0.1, 0.15) is 17.2 Å². The summed E-state index contributed by atoms with van der Waals surface area (Å²) < 4.78 is 14.8. The lowest BCUT2D eigenvalue weighted by atomic mass is 10.2. The maximum Gasteiger partial charge on any atom is 0.233 e. The molecule has 1 amide bonds. The predicted molar refractivity (Wildman–Crippen MR) is 115 cm³/mol. The molecule has 0 aliphatic heterocycles. The first-order valence-electron chi connectivity index (χ1n) is 9.15. The molecule has 2 heterocycles. The molecule has 30 heavy (non-hydrogen) atoms. The fourth-order valence-electron chi connectivity index (χ4n) is 2.84. The van der Waals surface area contributed by atoms with Crippen LogP contribution in [0.25, 0.3) is 16.7 Å². The molecule has 4 rings (SSSR count). The topological polar surface area (TPSA) is 72.7 Å². The van der Waals surface area contributed by atoms with E-state index in [4.69, 9.17) is 11.6 Å². The molecule has 4 aromatic rings. The zero-order valence-corrected chi connectivity index (χ0v) is 17.5. The van der Waals surface area contributed by atoms with E-state index in [0.717, 1.165) is 10.9 Å². The smallest absolute Gasteiger partial charge is 0.233 e. The summed E-state index contributed by atoms with van der Waals surface area (Å²) in [6, 6.07) is 13.3. The van der Waals surface area contributed by atoms with Gasteiger partial charge in [-0.2, -0.15) is 5.10 Å². The molecule has 0 aliphatic rings. The minimum Gasteiger partial charge on any atom is -0.351 e. The highest BCUT2D eigenvalue weighted by molar-refractivity contribution is 8.00. The summed E-state index contributed by atoms with van der Waals surface area (Å²) in [5.41, 5.74) is 2.25. The van der Waals surface area contributed by atoms with E-state index in [9.17, 15) is 9.18 Å². The minimum absolute atomic E-state index is 0.104. The summed E-state index contributed by atoms with van der Waals surface area (Å²) in [4.78, 5) is 21.2. The van der Waals surface area contributed by atoms with Crippen molar-refractivity contribution in [2.75, 3.05) is 0 Å². The van der Waals surface area contributed by atoms with Gasteiger partial charge in [0.2, 0.25) is 5.91 Å². The number of fused-ring (bicyclic) bond motifs is 1. The van der Waals surface area contributed by atoms with Crippen LogP contribution in [0, 0.1) is 5.82 Å². The van der Waals surface area contributed by atoms with Crippen molar-refractivity contribution in [1.29, 1.82) is 0 Å². The molecule has 6 nitrogen and oxygen atoms in total. The molecule has 0 radical (unpaired) electrons. The zero-order valence-electron chi connectivity index (χ0n) is 15.9. The number of hydrogen-bond donors (Lipinski definition) is 1. The summed E-state index contributed by atoms with van der Waals surface area (Å²) in [5.74, 6) is -0.424. The van der Waals surface area contributed by atoms with Gasteiger partial charge in [-0.1, -0.05) is 35.5 Å². The summed E-state index contributed by atoms with van der Waals surface area (Å²) >= 11 is 7.22. The predicted octanol–water partition coefficient (Wildman–Crippen LogP) is 4.41. The van der Waals surface area contributed by atoms with Crippen molar-refractivity contribution in [2.24, 2.45) is 0 Å². The van der Waals surface area contributed by atoms with Crippen molar-refractivity contribution < 1.29 is 9.18 Å². The maximum absolute atomic E-state index is 13.2. The molecule has 1 unspecified atom stereocenters. The van der Waals surface area contributed by atoms with E-state index in [0.29, 0.717) is 27.9 Å². The Morgan fingerprint density at radius 1 is 1.17 bits per heavy atom. The molecule has 1 N–H and O–H groups in total. The van der Waals surface area contributed by atoms with Crippen molar-refractivity contribution >= 4 is 40.3 Å². The molecule has 2 aromatic carbocycles. The van der Waals surface area contributed by atoms with Crippen molar-refractivity contribution in [1.82, 2.24) is 25.1 Å². The van der Waals surface area contributed by atoms with Crippen LogP contribution in [-0.2, 0) is 11.3 Å². The number of aromatic nitrogens is 4. The van der Waals surface area contributed by atoms with E-state index in [1.54, 1.807) is 35.1 Å². The number of nitrogens with zero attached hydrogens (tertiary/aromatic N) is 4. The molecule has 0 saturated carbocycles. The standard InChI is InChI=1S/C21H17ClFN5OS/c1-13(20(29)24-10-14-2-4-15(22)5-3-14)30-21-18-11-27-28(19(18)25-12-26-21)17-8-6-16(23)7-9-17/h2-9,11-13H,10H2,1H3,(H,24,29). The summed E-state index contributed by atoms with van der Waals surface area (Å²) in [6.45, 7) is 2.24. The van der Waals surface area contributed by atoms with Crippen molar-refractivity contribution in [3.8, 4) is 5.69 Å². The molecule has 2 aromatic heterocycles. The first-order valence-corrected chi connectivity index (χ1v) is 10.4. The van der Waals surface area contributed by atoms with Gasteiger partial charge in [-0.15, -0.1) is 0 Å². The highest BCUT2D eigenvalue weighted by atomic mass is 35.5. The fraction of sp³-hybridized carbons (Fsp3) is 0.143. The summed E-state index contributed by atoms with van der Waals surface area (Å²) in [5, 5.41) is 8.94. The van der Waals surface area contributed by atoms with Gasteiger partial charge in [-0.05, 0) is 48.9 Å². The van der Waals surface area contributed by atoms with Crippen molar-refractivity contribution in [3.63, 3.8) is 0 Å². The number of thioether (sulfide) groups is 1. The Balaban J connectivity index is 1.48. The largest absolute Gasteiger partial charge is 0.351 e. The second-order valence-corrected chi connectivity index (χ2v) is 8.32. The maximum atomic E-state index is 13.2. The Labute approximate surface area is 181 Å². The van der Waals surface area contributed by atoms with Gasteiger partial charge < -0.3 is 5.32 Å². The first kappa shape index (κ1) is 20.3. The third-order valence-electron chi connectivity index (χ3n) is 4.44. The average Bonchev–Trinajstić information content (AvgIpc) is 3.19. The number of halogens is 2. The number of benzene rings is 2. The molecule has 0 fully saturated rings. The Hall–Kier alpha value is -2.97. The van der Waals surface area contributed by atoms with Crippen molar-refractivity contribution in [3.05, 3.63) is 77.5 Å². The normalized spacial score (nSPS) is 12.1. The Kier molecular flexibility index (Phi) is 5.96. The second-order valence-electron chi connectivity index (χ2n) is 6.55. The van der Waals surface area contributed by atoms with E-state index in [1.807, 2.05) is 19.1 Å². The van der Waals surface area contributed by atoms with Crippen LogP contribution in [0.1, 0.15) is 12.5 Å². The fourth-order valence-corrected chi connectivity index (χ4v) is 3.87. The molecule has 1 atom stereocenters. The highest BCUT2D eigenvalue weighted by Crippen LogP contribution is 2.29. The lowest BCUT2D eigenvalue weighted by molar-refractivity contribution is -0.120. The van der Waals surface area contributed by atoms with Crippen LogP contribution >= 0.6 is 23.4 Å². The number of amides is 1. The molecule has 0 saturated heterocycles. The van der Waals surface area contributed by atoms with Gasteiger partial charge in [0, 0.05) is 11.6 Å². The number of nitrogens with one attached hydrogen (secondary N) is 1. The Morgan fingerprint density at radius 2 is 1.90 bits per heavy atom.